The molecule has 3 aromatic carbocycles. The fourth-order valence-electron chi connectivity index (χ4n) is 4.86. The lowest BCUT2D eigenvalue weighted by atomic mass is 9.88. The maximum atomic E-state index is 13.2. The average Bonchev–Trinajstić information content (AvgIpc) is 3.42. The number of halogens is 3. The van der Waals surface area contributed by atoms with E-state index < -0.39 is 39.0 Å². The van der Waals surface area contributed by atoms with E-state index >= 15 is 0 Å². The van der Waals surface area contributed by atoms with Gasteiger partial charge in [0.1, 0.15) is 11.5 Å². The number of hydrogen-bond donors (Lipinski definition) is 2. The summed E-state index contributed by atoms with van der Waals surface area (Å²) in [7, 11) is -3.97. The van der Waals surface area contributed by atoms with Crippen molar-refractivity contribution in [3.63, 3.8) is 0 Å². The second-order valence-electron chi connectivity index (χ2n) is 10.5. The molecule has 2 N–H and O–H groups in total. The van der Waals surface area contributed by atoms with Crippen LogP contribution in [0.1, 0.15) is 42.1 Å². The molecule has 42 heavy (non-hydrogen) atoms. The normalized spacial score (nSPS) is 12.5. The molecule has 0 spiro atoms. The van der Waals surface area contributed by atoms with Crippen molar-refractivity contribution in [1.82, 2.24) is 10.4 Å². The first-order chi connectivity index (χ1) is 19.7. The maximum Gasteiger partial charge on any atom is 0.449 e. The Morgan fingerprint density at radius 2 is 1.60 bits per heavy atom. The molecule has 0 aliphatic carbocycles. The highest BCUT2D eigenvalue weighted by Gasteiger charge is 2.36. The highest BCUT2D eigenvalue weighted by Crippen LogP contribution is 2.35. The van der Waals surface area contributed by atoms with Crippen molar-refractivity contribution in [3.05, 3.63) is 113 Å². The molecule has 0 aliphatic heterocycles. The van der Waals surface area contributed by atoms with Gasteiger partial charge in [-0.15, -0.1) is 0 Å². The summed E-state index contributed by atoms with van der Waals surface area (Å²) in [6, 6.07) is 23.7. The highest BCUT2D eigenvalue weighted by atomic mass is 32.2. The predicted molar refractivity (Wildman–Crippen MR) is 151 cm³/mol. The van der Waals surface area contributed by atoms with Crippen molar-refractivity contribution in [2.75, 3.05) is 5.75 Å². The van der Waals surface area contributed by atoms with E-state index in [0.717, 1.165) is 28.3 Å². The Kier molecular flexibility index (Phi) is 8.95. The number of alkyl halides is 3. The van der Waals surface area contributed by atoms with E-state index in [1.165, 1.54) is 23.7 Å². The van der Waals surface area contributed by atoms with Gasteiger partial charge in [-0.1, -0.05) is 60.7 Å². The van der Waals surface area contributed by atoms with E-state index in [-0.39, 0.29) is 17.2 Å². The average molecular weight is 601 g/mol. The minimum atomic E-state index is -4.58. The van der Waals surface area contributed by atoms with Crippen molar-refractivity contribution >= 4 is 15.7 Å². The van der Waals surface area contributed by atoms with Gasteiger partial charge in [-0.05, 0) is 72.9 Å². The number of sulfone groups is 1. The van der Waals surface area contributed by atoms with Crippen LogP contribution < -0.4 is 5.48 Å². The monoisotopic (exact) mass is 600 g/mol. The standard InChI is InChI=1S/C31H31F3N2O5S/c1-21-7-4-5-10-27(21)30(2,3)36(19-25-15-16-28(41-25)31(32,33)34)18-22-11-13-23(14-12-22)24-8-6-9-26(17-24)42(39,40)20-29(37)35-38/h4-17,38H,18-20H2,1-3H3,(H,35,37). The number of carbonyl (C=O) groups excluding carboxylic acids is 1. The fourth-order valence-corrected chi connectivity index (χ4v) is 6.03. The number of carbonyl (C=O) groups is 1. The molecule has 0 saturated carbocycles. The summed E-state index contributed by atoms with van der Waals surface area (Å²) < 4.78 is 69.9. The van der Waals surface area contributed by atoms with Gasteiger partial charge in [0.2, 0.25) is 5.76 Å². The molecule has 1 aromatic heterocycles. The van der Waals surface area contributed by atoms with Crippen LogP contribution in [0.4, 0.5) is 13.2 Å². The minimum Gasteiger partial charge on any atom is -0.455 e. The molecule has 1 heterocycles. The fraction of sp³-hybridized carbons (Fsp3) is 0.258. The van der Waals surface area contributed by atoms with Crippen LogP contribution in [0, 0.1) is 6.92 Å². The van der Waals surface area contributed by atoms with Crippen LogP contribution in [-0.4, -0.2) is 30.2 Å². The minimum absolute atomic E-state index is 0.0597. The Bertz CT molecular complexity index is 1660. The van der Waals surface area contributed by atoms with Crippen molar-refractivity contribution < 1.29 is 36.0 Å². The molecule has 7 nitrogen and oxygen atoms in total. The van der Waals surface area contributed by atoms with Gasteiger partial charge in [0.15, 0.2) is 9.84 Å². The summed E-state index contributed by atoms with van der Waals surface area (Å²) in [6.45, 7) is 6.53. The summed E-state index contributed by atoms with van der Waals surface area (Å²) >= 11 is 0. The van der Waals surface area contributed by atoms with Crippen LogP contribution in [0.25, 0.3) is 11.1 Å². The van der Waals surface area contributed by atoms with Crippen molar-refractivity contribution in [2.45, 2.75) is 50.5 Å². The Morgan fingerprint density at radius 3 is 2.21 bits per heavy atom. The summed E-state index contributed by atoms with van der Waals surface area (Å²) in [6.07, 6.45) is -4.58. The van der Waals surface area contributed by atoms with Gasteiger partial charge in [0.25, 0.3) is 5.91 Å². The summed E-state index contributed by atoms with van der Waals surface area (Å²) in [5.41, 5.74) is 5.04. The van der Waals surface area contributed by atoms with E-state index in [0.29, 0.717) is 12.1 Å². The zero-order valence-corrected chi connectivity index (χ0v) is 24.1. The molecule has 0 aliphatic rings. The molecule has 1 amide bonds. The van der Waals surface area contributed by atoms with Gasteiger partial charge in [0, 0.05) is 12.1 Å². The van der Waals surface area contributed by atoms with Gasteiger partial charge in [-0.3, -0.25) is 14.9 Å². The third-order valence-corrected chi connectivity index (χ3v) is 8.80. The first kappa shape index (κ1) is 31.0. The lowest BCUT2D eigenvalue weighted by molar-refractivity contribution is -0.153. The van der Waals surface area contributed by atoms with Crippen LogP contribution in [-0.2, 0) is 39.4 Å². The number of aryl methyl sites for hydroxylation is 1. The number of amides is 1. The van der Waals surface area contributed by atoms with Crippen LogP contribution in [0.15, 0.2) is 94.2 Å². The molecule has 11 heteroatoms. The topological polar surface area (TPSA) is 99.9 Å². The second-order valence-corrected chi connectivity index (χ2v) is 12.5. The lowest BCUT2D eigenvalue weighted by Gasteiger charge is -2.39. The number of nitrogens with one attached hydrogen (secondary N) is 1. The third kappa shape index (κ3) is 7.10. The molecular weight excluding hydrogens is 569 g/mol. The largest absolute Gasteiger partial charge is 0.455 e. The van der Waals surface area contributed by atoms with Gasteiger partial charge >= 0.3 is 6.18 Å². The van der Waals surface area contributed by atoms with Crippen LogP contribution in [0.5, 0.6) is 0 Å². The Morgan fingerprint density at radius 1 is 0.905 bits per heavy atom. The number of rotatable bonds is 10. The molecule has 4 rings (SSSR count). The number of hydroxylamine groups is 1. The van der Waals surface area contributed by atoms with Gasteiger partial charge in [-0.25, -0.2) is 13.9 Å². The second kappa shape index (κ2) is 12.1. The number of furan rings is 1. The molecule has 4 aromatic rings. The van der Waals surface area contributed by atoms with Crippen LogP contribution in [0.2, 0.25) is 0 Å². The molecule has 0 radical (unpaired) electrons. The van der Waals surface area contributed by atoms with Gasteiger partial charge < -0.3 is 4.42 Å². The lowest BCUT2D eigenvalue weighted by Crippen LogP contribution is -2.41. The van der Waals surface area contributed by atoms with Crippen molar-refractivity contribution in [3.8, 4) is 11.1 Å². The van der Waals surface area contributed by atoms with E-state index in [2.05, 4.69) is 0 Å². The summed E-state index contributed by atoms with van der Waals surface area (Å²) in [5.74, 6) is -2.78. The summed E-state index contributed by atoms with van der Waals surface area (Å²) in [4.78, 5) is 13.4. The zero-order chi connectivity index (χ0) is 30.7. The Labute approximate surface area is 242 Å². The van der Waals surface area contributed by atoms with Crippen molar-refractivity contribution in [2.24, 2.45) is 0 Å². The van der Waals surface area contributed by atoms with Gasteiger partial charge in [-0.2, -0.15) is 13.2 Å². The molecule has 0 atom stereocenters. The van der Waals surface area contributed by atoms with Gasteiger partial charge in [0.05, 0.1) is 11.4 Å². The van der Waals surface area contributed by atoms with Crippen LogP contribution >= 0.6 is 0 Å². The summed E-state index contributed by atoms with van der Waals surface area (Å²) in [5, 5.41) is 8.69. The Balaban J connectivity index is 1.62. The molecule has 0 fully saturated rings. The zero-order valence-electron chi connectivity index (χ0n) is 23.3. The smallest absolute Gasteiger partial charge is 0.449 e. The SMILES string of the molecule is Cc1ccccc1C(C)(C)N(Cc1ccc(-c2cccc(S(=O)(=O)CC(=O)NO)c2)cc1)Cc1ccc(C(F)(F)F)o1. The highest BCUT2D eigenvalue weighted by molar-refractivity contribution is 7.92. The molecule has 222 valence electrons. The first-order valence-electron chi connectivity index (χ1n) is 13.0. The predicted octanol–water partition coefficient (Wildman–Crippen LogP) is 6.49. The number of nitrogens with zero attached hydrogens (tertiary/aromatic N) is 1. The number of hydrogen-bond acceptors (Lipinski definition) is 6. The molecule has 0 saturated heterocycles. The maximum absolute atomic E-state index is 13.2. The van der Waals surface area contributed by atoms with E-state index in [9.17, 15) is 26.4 Å². The molecule has 0 unspecified atom stereocenters. The van der Waals surface area contributed by atoms with E-state index in [1.54, 1.807) is 12.1 Å². The first-order valence-corrected chi connectivity index (χ1v) is 14.7. The molecule has 0 bridgehead atoms. The Hall–Kier alpha value is -3.93. The van der Waals surface area contributed by atoms with E-state index in [1.807, 2.05) is 74.2 Å². The third-order valence-electron chi connectivity index (χ3n) is 7.18. The quantitative estimate of drug-likeness (QED) is 0.160. The van der Waals surface area contributed by atoms with Crippen molar-refractivity contribution in [1.29, 1.82) is 0 Å². The number of benzene rings is 3. The van der Waals surface area contributed by atoms with Crippen LogP contribution in [0.3, 0.4) is 0 Å². The van der Waals surface area contributed by atoms with E-state index in [4.69, 9.17) is 9.62 Å². The molecular formula is C31H31F3N2O5S.